The fraction of sp³-hybridized carbons (Fsp3) is 0.500. The number of benzene rings is 1. The molecular weight excluding hydrogens is 318 g/mol. The summed E-state index contributed by atoms with van der Waals surface area (Å²) in [5, 5.41) is 13.8. The Morgan fingerprint density at radius 3 is 2.91 bits per heavy atom. The van der Waals surface area contributed by atoms with E-state index >= 15 is 0 Å². The first-order chi connectivity index (χ1) is 11.2. The second-order valence-electron chi connectivity index (χ2n) is 5.68. The van der Waals surface area contributed by atoms with Gasteiger partial charge in [-0.15, -0.1) is 0 Å². The fourth-order valence-electron chi connectivity index (χ4n) is 2.67. The molecule has 6 nitrogen and oxygen atoms in total. The van der Waals surface area contributed by atoms with Crippen LogP contribution in [0.2, 0.25) is 0 Å². The van der Waals surface area contributed by atoms with Crippen LogP contribution in [-0.2, 0) is 4.84 Å². The summed E-state index contributed by atoms with van der Waals surface area (Å²) >= 11 is 6.03. The molecule has 1 unspecified atom stereocenters. The van der Waals surface area contributed by atoms with Crippen molar-refractivity contribution in [1.82, 2.24) is 9.88 Å². The molecular formula is C16H20ClN3O3. The van der Waals surface area contributed by atoms with Crippen LogP contribution >= 0.6 is 11.6 Å². The van der Waals surface area contributed by atoms with Crippen LogP contribution in [0.5, 0.6) is 0 Å². The number of oxazole rings is 1. The highest BCUT2D eigenvalue weighted by Crippen LogP contribution is 2.16. The normalized spacial score (nSPS) is 18.3. The van der Waals surface area contributed by atoms with Gasteiger partial charge in [-0.25, -0.2) is 4.98 Å². The van der Waals surface area contributed by atoms with Crippen LogP contribution in [0.15, 0.2) is 33.8 Å². The van der Waals surface area contributed by atoms with Gasteiger partial charge in [-0.05, 0) is 38.1 Å². The molecule has 1 aliphatic heterocycles. The molecule has 1 aromatic heterocycles. The summed E-state index contributed by atoms with van der Waals surface area (Å²) in [5.41, 5.74) is 1.35. The molecule has 1 N–H and O–H groups in total. The third kappa shape index (κ3) is 4.43. The van der Waals surface area contributed by atoms with Crippen molar-refractivity contribution < 1.29 is 14.4 Å². The average molecular weight is 338 g/mol. The first-order valence-corrected chi connectivity index (χ1v) is 8.22. The van der Waals surface area contributed by atoms with Gasteiger partial charge in [0.15, 0.2) is 5.58 Å². The maximum Gasteiger partial charge on any atom is 0.261 e. The first-order valence-electron chi connectivity index (χ1n) is 7.84. The molecule has 0 radical (unpaired) electrons. The van der Waals surface area contributed by atoms with Crippen LogP contribution in [0.1, 0.15) is 25.2 Å². The Bertz CT molecular complexity index is 634. The van der Waals surface area contributed by atoms with E-state index in [1.54, 1.807) is 6.07 Å². The van der Waals surface area contributed by atoms with E-state index in [4.69, 9.17) is 20.9 Å². The van der Waals surface area contributed by atoms with Crippen molar-refractivity contribution in [2.24, 2.45) is 5.16 Å². The number of hydrogen-bond acceptors (Lipinski definition) is 6. The van der Waals surface area contributed by atoms with Crippen LogP contribution in [0.3, 0.4) is 0 Å². The lowest BCUT2D eigenvalue weighted by molar-refractivity contribution is 0.0160. The summed E-state index contributed by atoms with van der Waals surface area (Å²) in [5.74, 6) is 0.207. The summed E-state index contributed by atoms with van der Waals surface area (Å²) in [6, 6.07) is 7.36. The van der Waals surface area contributed by atoms with Gasteiger partial charge >= 0.3 is 0 Å². The number of para-hydroxylation sites is 2. The van der Waals surface area contributed by atoms with Crippen LogP contribution in [-0.4, -0.2) is 52.5 Å². The minimum absolute atomic E-state index is 0.0337. The van der Waals surface area contributed by atoms with E-state index < -0.39 is 6.10 Å². The number of aliphatic hydroxyl groups is 1. The lowest BCUT2D eigenvalue weighted by Crippen LogP contribution is -2.38. The predicted molar refractivity (Wildman–Crippen MR) is 88.6 cm³/mol. The molecule has 0 aliphatic carbocycles. The number of rotatable bonds is 6. The Morgan fingerprint density at radius 2 is 2.13 bits per heavy atom. The van der Waals surface area contributed by atoms with Gasteiger partial charge in [0.1, 0.15) is 18.2 Å². The van der Waals surface area contributed by atoms with E-state index in [2.05, 4.69) is 15.0 Å². The predicted octanol–water partition coefficient (Wildman–Crippen LogP) is 2.59. The molecule has 23 heavy (non-hydrogen) atoms. The standard InChI is InChI=1S/C16H20ClN3O3/c17-15(16-18-13-6-2-3-7-14(13)23-16)19-22-11-12(21)10-20-8-4-1-5-9-20/h2-3,6-7,12,21H,1,4-5,8-11H2/b19-15-. The van der Waals surface area contributed by atoms with E-state index in [1.165, 1.54) is 19.3 Å². The number of β-amino-alcohol motifs (C(OH)–C–C–N with tert-alkyl or cyclic N) is 1. The number of likely N-dealkylation sites (tertiary alicyclic amines) is 1. The third-order valence-electron chi connectivity index (χ3n) is 3.80. The van der Waals surface area contributed by atoms with Crippen molar-refractivity contribution in [2.45, 2.75) is 25.4 Å². The van der Waals surface area contributed by atoms with Gasteiger partial charge in [-0.2, -0.15) is 0 Å². The summed E-state index contributed by atoms with van der Waals surface area (Å²) < 4.78 is 5.48. The Balaban J connectivity index is 1.50. The lowest BCUT2D eigenvalue weighted by atomic mass is 10.1. The fourth-order valence-corrected chi connectivity index (χ4v) is 2.80. The Hall–Kier alpha value is -1.63. The Kier molecular flexibility index (Phi) is 5.48. The summed E-state index contributed by atoms with van der Waals surface area (Å²) in [7, 11) is 0. The zero-order valence-corrected chi connectivity index (χ0v) is 13.6. The molecule has 1 fully saturated rings. The van der Waals surface area contributed by atoms with E-state index in [1.807, 2.05) is 18.2 Å². The number of nitrogens with zero attached hydrogens (tertiary/aromatic N) is 3. The van der Waals surface area contributed by atoms with E-state index in [0.717, 1.165) is 13.1 Å². The van der Waals surface area contributed by atoms with Gasteiger partial charge in [-0.3, -0.25) is 0 Å². The number of hydrogen-bond donors (Lipinski definition) is 1. The van der Waals surface area contributed by atoms with Crippen molar-refractivity contribution in [1.29, 1.82) is 0 Å². The van der Waals surface area contributed by atoms with Crippen LogP contribution in [0.4, 0.5) is 0 Å². The zero-order chi connectivity index (χ0) is 16.1. The Morgan fingerprint density at radius 1 is 1.35 bits per heavy atom. The summed E-state index contributed by atoms with van der Waals surface area (Å²) in [4.78, 5) is 11.6. The number of oxime groups is 1. The maximum atomic E-state index is 9.98. The molecule has 0 spiro atoms. The second kappa shape index (κ2) is 7.77. The Labute approximate surface area is 139 Å². The molecule has 0 amide bonds. The van der Waals surface area contributed by atoms with E-state index in [0.29, 0.717) is 17.6 Å². The summed E-state index contributed by atoms with van der Waals surface area (Å²) in [6.07, 6.45) is 3.06. The zero-order valence-electron chi connectivity index (χ0n) is 12.8. The second-order valence-corrected chi connectivity index (χ2v) is 6.04. The highest BCUT2D eigenvalue weighted by molar-refractivity contribution is 6.68. The number of halogens is 1. The molecule has 7 heteroatoms. The minimum atomic E-state index is -0.593. The number of aliphatic hydroxyl groups excluding tert-OH is 1. The van der Waals surface area contributed by atoms with Gasteiger partial charge in [0.05, 0.1) is 0 Å². The molecule has 2 aromatic rings. The molecule has 3 rings (SSSR count). The van der Waals surface area contributed by atoms with Gasteiger partial charge < -0.3 is 19.3 Å². The van der Waals surface area contributed by atoms with E-state index in [-0.39, 0.29) is 17.7 Å². The van der Waals surface area contributed by atoms with Crippen LogP contribution in [0.25, 0.3) is 11.1 Å². The van der Waals surface area contributed by atoms with Gasteiger partial charge in [0.25, 0.3) is 5.89 Å². The molecule has 0 bridgehead atoms. The molecule has 1 aromatic carbocycles. The first kappa shape index (κ1) is 16.2. The smallest absolute Gasteiger partial charge is 0.261 e. The minimum Gasteiger partial charge on any atom is -0.434 e. The highest BCUT2D eigenvalue weighted by Gasteiger charge is 2.15. The van der Waals surface area contributed by atoms with Crippen molar-refractivity contribution >= 4 is 27.9 Å². The van der Waals surface area contributed by atoms with Crippen LogP contribution < -0.4 is 0 Å². The number of fused-ring (bicyclic) bond motifs is 1. The van der Waals surface area contributed by atoms with Gasteiger partial charge in [0.2, 0.25) is 5.17 Å². The molecule has 124 valence electrons. The highest BCUT2D eigenvalue weighted by atomic mass is 35.5. The number of piperidine rings is 1. The molecule has 1 saturated heterocycles. The molecule has 1 aliphatic rings. The molecule has 0 saturated carbocycles. The van der Waals surface area contributed by atoms with Crippen molar-refractivity contribution in [3.63, 3.8) is 0 Å². The lowest BCUT2D eigenvalue weighted by Gasteiger charge is -2.27. The van der Waals surface area contributed by atoms with Gasteiger partial charge in [0, 0.05) is 6.54 Å². The van der Waals surface area contributed by atoms with Crippen molar-refractivity contribution in [3.05, 3.63) is 30.2 Å². The topological polar surface area (TPSA) is 71.1 Å². The van der Waals surface area contributed by atoms with E-state index in [9.17, 15) is 5.11 Å². The van der Waals surface area contributed by atoms with Crippen LogP contribution in [0, 0.1) is 0 Å². The van der Waals surface area contributed by atoms with Gasteiger partial charge in [-0.1, -0.05) is 35.3 Å². The molecule has 1 atom stereocenters. The van der Waals surface area contributed by atoms with Crippen molar-refractivity contribution in [3.8, 4) is 0 Å². The molecule has 2 heterocycles. The third-order valence-corrected chi connectivity index (χ3v) is 4.03. The largest absolute Gasteiger partial charge is 0.434 e. The maximum absolute atomic E-state index is 9.98. The summed E-state index contributed by atoms with van der Waals surface area (Å²) in [6.45, 7) is 2.75. The SMILES string of the molecule is OC(CO/N=C(\Cl)c1nc2ccccc2o1)CN1CCCCC1. The quantitative estimate of drug-likeness (QED) is 0.648. The number of aromatic nitrogens is 1. The monoisotopic (exact) mass is 337 g/mol. The van der Waals surface area contributed by atoms with Crippen molar-refractivity contribution in [2.75, 3.05) is 26.2 Å². The average Bonchev–Trinajstić information content (AvgIpc) is 3.00.